The molecule has 0 aliphatic rings. The third-order valence-electron chi connectivity index (χ3n) is 4.38. The molecule has 0 saturated carbocycles. The number of thiophene rings is 1. The first-order valence-electron chi connectivity index (χ1n) is 9.31. The molecule has 5 nitrogen and oxygen atoms in total. The summed E-state index contributed by atoms with van der Waals surface area (Å²) in [6, 6.07) is 23.3. The number of rotatable bonds is 7. The molecule has 1 amide bonds. The summed E-state index contributed by atoms with van der Waals surface area (Å²) in [4.78, 5) is 14.2. The van der Waals surface area contributed by atoms with Gasteiger partial charge in [0.05, 0.1) is 4.88 Å². The number of hydrogen-bond donors (Lipinski definition) is 1. The van der Waals surface area contributed by atoms with Crippen molar-refractivity contribution >= 4 is 34.7 Å². The topological polar surface area (TPSA) is 59.8 Å². The first-order chi connectivity index (χ1) is 14.3. The lowest BCUT2D eigenvalue weighted by Gasteiger charge is -2.17. The second-order valence-electron chi connectivity index (χ2n) is 6.29. The fraction of sp³-hybridized carbons (Fsp3) is 0.136. The molecule has 2 aromatic carbocycles. The second kappa shape index (κ2) is 9.07. The SMILES string of the molecule is CCn1c(SC(C(=O)Nc2ccccc2)c2ccccc2)nnc1-c1cccs1. The Kier molecular flexibility index (Phi) is 6.07. The van der Waals surface area contributed by atoms with E-state index in [1.807, 2.05) is 78.2 Å². The maximum atomic E-state index is 13.2. The van der Waals surface area contributed by atoms with Crippen LogP contribution in [0.2, 0.25) is 0 Å². The number of thioether (sulfide) groups is 1. The molecule has 0 aliphatic carbocycles. The Labute approximate surface area is 177 Å². The Morgan fingerprint density at radius 1 is 1.03 bits per heavy atom. The smallest absolute Gasteiger partial charge is 0.242 e. The highest BCUT2D eigenvalue weighted by molar-refractivity contribution is 8.00. The number of carbonyl (C=O) groups is 1. The number of amides is 1. The van der Waals surface area contributed by atoms with Gasteiger partial charge in [0, 0.05) is 12.2 Å². The minimum atomic E-state index is -0.443. The van der Waals surface area contributed by atoms with Crippen LogP contribution in [0.5, 0.6) is 0 Å². The average molecular weight is 421 g/mol. The lowest BCUT2D eigenvalue weighted by molar-refractivity contribution is -0.115. The molecule has 146 valence electrons. The van der Waals surface area contributed by atoms with Gasteiger partial charge in [0.1, 0.15) is 5.25 Å². The van der Waals surface area contributed by atoms with Crippen molar-refractivity contribution < 1.29 is 4.79 Å². The molecule has 0 saturated heterocycles. The van der Waals surface area contributed by atoms with Crippen LogP contribution in [0.15, 0.2) is 83.3 Å². The molecular weight excluding hydrogens is 400 g/mol. The van der Waals surface area contributed by atoms with Gasteiger partial charge in [-0.25, -0.2) is 0 Å². The minimum Gasteiger partial charge on any atom is -0.325 e. The Balaban J connectivity index is 1.65. The molecule has 2 aromatic heterocycles. The third-order valence-corrected chi connectivity index (χ3v) is 6.48. The summed E-state index contributed by atoms with van der Waals surface area (Å²) in [6.45, 7) is 2.79. The molecule has 0 radical (unpaired) electrons. The lowest BCUT2D eigenvalue weighted by atomic mass is 10.1. The second-order valence-corrected chi connectivity index (χ2v) is 8.31. The summed E-state index contributed by atoms with van der Waals surface area (Å²) in [5.74, 6) is 0.746. The first-order valence-corrected chi connectivity index (χ1v) is 11.1. The number of aromatic nitrogens is 3. The number of nitrogens with one attached hydrogen (secondary N) is 1. The third kappa shape index (κ3) is 4.41. The summed E-state index contributed by atoms with van der Waals surface area (Å²) in [6.07, 6.45) is 0. The van der Waals surface area contributed by atoms with Crippen LogP contribution in [0.1, 0.15) is 17.7 Å². The van der Waals surface area contributed by atoms with Crippen molar-refractivity contribution in [1.29, 1.82) is 0 Å². The highest BCUT2D eigenvalue weighted by Gasteiger charge is 2.26. The monoisotopic (exact) mass is 420 g/mol. The van der Waals surface area contributed by atoms with E-state index in [-0.39, 0.29) is 5.91 Å². The maximum Gasteiger partial charge on any atom is 0.242 e. The van der Waals surface area contributed by atoms with Crippen molar-refractivity contribution in [1.82, 2.24) is 14.8 Å². The van der Waals surface area contributed by atoms with Gasteiger partial charge in [-0.1, -0.05) is 66.4 Å². The standard InChI is InChI=1S/C22H20N4OS2/c1-2-26-20(18-14-9-15-28-18)24-25-22(26)29-19(16-10-5-3-6-11-16)21(27)23-17-12-7-4-8-13-17/h3-15,19H,2H2,1H3,(H,23,27). The predicted octanol–water partition coefficient (Wildman–Crippen LogP) is 5.50. The number of hydrogen-bond acceptors (Lipinski definition) is 5. The molecule has 0 aliphatic heterocycles. The zero-order chi connectivity index (χ0) is 20.1. The molecule has 4 rings (SSSR count). The predicted molar refractivity (Wildman–Crippen MR) is 119 cm³/mol. The van der Waals surface area contributed by atoms with Gasteiger partial charge in [0.2, 0.25) is 5.91 Å². The zero-order valence-electron chi connectivity index (χ0n) is 15.9. The fourth-order valence-electron chi connectivity index (χ4n) is 2.98. The van der Waals surface area contributed by atoms with Crippen molar-refractivity contribution in [2.75, 3.05) is 5.32 Å². The van der Waals surface area contributed by atoms with Crippen molar-refractivity contribution in [3.8, 4) is 10.7 Å². The van der Waals surface area contributed by atoms with E-state index in [9.17, 15) is 4.79 Å². The van der Waals surface area contributed by atoms with Gasteiger partial charge in [-0.05, 0) is 36.1 Å². The molecule has 4 aromatic rings. The molecule has 7 heteroatoms. The van der Waals surface area contributed by atoms with Gasteiger partial charge in [-0.3, -0.25) is 4.79 Å². The normalized spacial score (nSPS) is 11.9. The van der Waals surface area contributed by atoms with Gasteiger partial charge in [-0.2, -0.15) is 0 Å². The van der Waals surface area contributed by atoms with Crippen LogP contribution < -0.4 is 5.32 Å². The van der Waals surface area contributed by atoms with Crippen LogP contribution in [-0.2, 0) is 11.3 Å². The summed E-state index contributed by atoms with van der Waals surface area (Å²) < 4.78 is 2.06. The Morgan fingerprint density at radius 3 is 2.41 bits per heavy atom. The first kappa shape index (κ1) is 19.4. The summed E-state index contributed by atoms with van der Waals surface area (Å²) in [5, 5.41) is 14.1. The van der Waals surface area contributed by atoms with E-state index in [1.54, 1.807) is 11.3 Å². The van der Waals surface area contributed by atoms with Crippen LogP contribution >= 0.6 is 23.1 Å². The van der Waals surface area contributed by atoms with Crippen LogP contribution in [0.3, 0.4) is 0 Å². The van der Waals surface area contributed by atoms with Gasteiger partial charge in [0.15, 0.2) is 11.0 Å². The highest BCUT2D eigenvalue weighted by Crippen LogP contribution is 2.37. The van der Waals surface area contributed by atoms with Crippen LogP contribution in [0.25, 0.3) is 10.7 Å². The number of carbonyl (C=O) groups excluding carboxylic acids is 1. The number of benzene rings is 2. The molecule has 29 heavy (non-hydrogen) atoms. The molecular formula is C22H20N4OS2. The highest BCUT2D eigenvalue weighted by atomic mass is 32.2. The van der Waals surface area contributed by atoms with Crippen LogP contribution in [0, 0.1) is 0 Å². The molecule has 1 unspecified atom stereocenters. The van der Waals surface area contributed by atoms with Gasteiger partial charge in [-0.15, -0.1) is 21.5 Å². The molecule has 1 N–H and O–H groups in total. The summed E-state index contributed by atoms with van der Waals surface area (Å²) >= 11 is 3.05. The van der Waals surface area contributed by atoms with E-state index >= 15 is 0 Å². The Bertz CT molecular complexity index is 1060. The van der Waals surface area contributed by atoms with E-state index in [2.05, 4.69) is 27.0 Å². The van der Waals surface area contributed by atoms with Crippen molar-refractivity contribution in [2.24, 2.45) is 0 Å². The van der Waals surface area contributed by atoms with E-state index in [0.717, 1.165) is 33.7 Å². The van der Waals surface area contributed by atoms with E-state index in [0.29, 0.717) is 0 Å². The van der Waals surface area contributed by atoms with E-state index < -0.39 is 5.25 Å². The zero-order valence-corrected chi connectivity index (χ0v) is 17.5. The molecule has 0 spiro atoms. The average Bonchev–Trinajstić information content (AvgIpc) is 3.42. The van der Waals surface area contributed by atoms with Crippen molar-refractivity contribution in [3.05, 3.63) is 83.7 Å². The van der Waals surface area contributed by atoms with Crippen LogP contribution in [-0.4, -0.2) is 20.7 Å². The molecule has 2 heterocycles. The molecule has 0 fully saturated rings. The quantitative estimate of drug-likeness (QED) is 0.401. The van der Waals surface area contributed by atoms with Crippen LogP contribution in [0.4, 0.5) is 5.69 Å². The Hall–Kier alpha value is -2.90. The largest absolute Gasteiger partial charge is 0.325 e. The van der Waals surface area contributed by atoms with Crippen molar-refractivity contribution in [2.45, 2.75) is 23.9 Å². The van der Waals surface area contributed by atoms with E-state index in [4.69, 9.17) is 0 Å². The van der Waals surface area contributed by atoms with Gasteiger partial charge < -0.3 is 9.88 Å². The van der Waals surface area contributed by atoms with Gasteiger partial charge >= 0.3 is 0 Å². The number of nitrogens with zero attached hydrogens (tertiary/aromatic N) is 3. The summed E-state index contributed by atoms with van der Waals surface area (Å²) in [5.41, 5.74) is 1.70. The lowest BCUT2D eigenvalue weighted by Crippen LogP contribution is -2.19. The molecule has 1 atom stereocenters. The number of anilines is 1. The number of para-hydroxylation sites is 1. The molecule has 0 bridgehead atoms. The maximum absolute atomic E-state index is 13.2. The van der Waals surface area contributed by atoms with E-state index in [1.165, 1.54) is 11.8 Å². The van der Waals surface area contributed by atoms with Crippen molar-refractivity contribution in [3.63, 3.8) is 0 Å². The fourth-order valence-corrected chi connectivity index (χ4v) is 4.80. The Morgan fingerprint density at radius 2 is 1.76 bits per heavy atom. The summed E-state index contributed by atoms with van der Waals surface area (Å²) in [7, 11) is 0. The minimum absolute atomic E-state index is 0.0873. The van der Waals surface area contributed by atoms with Gasteiger partial charge in [0.25, 0.3) is 0 Å².